The zero-order valence-electron chi connectivity index (χ0n) is 8.28. The maximum atomic E-state index is 11.3. The van der Waals surface area contributed by atoms with Crippen LogP contribution in [0.15, 0.2) is 30.3 Å². The Bertz CT molecular complexity index is 301. The number of rotatable bonds is 2. The molecule has 14 heavy (non-hydrogen) atoms. The number of aldehydes is 1. The van der Waals surface area contributed by atoms with Crippen LogP contribution in [0.3, 0.4) is 0 Å². The minimum Gasteiger partial charge on any atom is -0.346 e. The molecule has 1 aromatic carbocycles. The molecule has 0 aromatic heterocycles. The third-order valence-electron chi connectivity index (χ3n) is 3.16. The minimum atomic E-state index is -0.198. The van der Waals surface area contributed by atoms with Crippen LogP contribution in [0.5, 0.6) is 0 Å². The third-order valence-corrected chi connectivity index (χ3v) is 3.16. The first-order chi connectivity index (χ1) is 6.87. The smallest absolute Gasteiger partial charge is 0.130 e. The highest BCUT2D eigenvalue weighted by molar-refractivity contribution is 5.68. The third kappa shape index (κ3) is 1.58. The Morgan fingerprint density at radius 3 is 2.36 bits per heavy atom. The predicted octanol–water partition coefficient (Wildman–Crippen LogP) is 0.480. The van der Waals surface area contributed by atoms with E-state index >= 15 is 0 Å². The molecule has 2 rings (SSSR count). The molecule has 0 radical (unpaired) electrons. The van der Waals surface area contributed by atoms with E-state index in [4.69, 9.17) is 0 Å². The Morgan fingerprint density at radius 2 is 1.79 bits per heavy atom. The van der Waals surface area contributed by atoms with Gasteiger partial charge in [-0.3, -0.25) is 0 Å². The van der Waals surface area contributed by atoms with E-state index < -0.39 is 0 Å². The van der Waals surface area contributed by atoms with Crippen molar-refractivity contribution in [1.29, 1.82) is 0 Å². The van der Waals surface area contributed by atoms with Gasteiger partial charge in [-0.1, -0.05) is 30.3 Å². The molecule has 2 nitrogen and oxygen atoms in total. The first-order valence-electron chi connectivity index (χ1n) is 5.21. The molecule has 1 aromatic rings. The number of benzene rings is 1. The van der Waals surface area contributed by atoms with E-state index in [1.165, 1.54) is 5.56 Å². The Balaban J connectivity index is 2.32. The molecule has 0 atom stereocenters. The molecular weight excluding hydrogens is 174 g/mol. The number of piperidine rings is 1. The number of nitrogens with two attached hydrogens (primary N) is 1. The normalized spacial score (nSPS) is 20.3. The predicted molar refractivity (Wildman–Crippen MR) is 55.1 cm³/mol. The van der Waals surface area contributed by atoms with Gasteiger partial charge >= 0.3 is 0 Å². The second-order valence-corrected chi connectivity index (χ2v) is 4.01. The van der Waals surface area contributed by atoms with Gasteiger partial charge in [0.05, 0.1) is 18.5 Å². The maximum absolute atomic E-state index is 11.3. The van der Waals surface area contributed by atoms with E-state index in [9.17, 15) is 4.79 Å². The van der Waals surface area contributed by atoms with Crippen molar-refractivity contribution < 1.29 is 10.1 Å². The van der Waals surface area contributed by atoms with Gasteiger partial charge < -0.3 is 10.1 Å². The molecule has 74 valence electrons. The number of quaternary nitrogens is 1. The van der Waals surface area contributed by atoms with Crippen molar-refractivity contribution in [2.45, 2.75) is 18.3 Å². The summed E-state index contributed by atoms with van der Waals surface area (Å²) in [6.45, 7) is 2.13. The van der Waals surface area contributed by atoms with Crippen LogP contribution >= 0.6 is 0 Å². The molecule has 0 saturated carbocycles. The Hall–Kier alpha value is -1.15. The summed E-state index contributed by atoms with van der Waals surface area (Å²) in [5.74, 6) is 0. The van der Waals surface area contributed by atoms with Gasteiger partial charge in [0, 0.05) is 12.8 Å². The standard InChI is InChI=1S/C12H15NO/c14-10-12(6-8-13-9-7-12)11-4-2-1-3-5-11/h1-5,10,13H,6-9H2/p+1. The molecule has 0 bridgehead atoms. The van der Waals surface area contributed by atoms with E-state index in [-0.39, 0.29) is 5.41 Å². The topological polar surface area (TPSA) is 33.7 Å². The van der Waals surface area contributed by atoms with Crippen LogP contribution in [-0.2, 0) is 10.2 Å². The van der Waals surface area contributed by atoms with Gasteiger partial charge in [-0.15, -0.1) is 0 Å². The zero-order valence-corrected chi connectivity index (χ0v) is 8.28. The summed E-state index contributed by atoms with van der Waals surface area (Å²) in [4.78, 5) is 11.3. The lowest BCUT2D eigenvalue weighted by atomic mass is 9.74. The summed E-state index contributed by atoms with van der Waals surface area (Å²) in [5, 5.41) is 2.28. The van der Waals surface area contributed by atoms with Gasteiger partial charge in [-0.2, -0.15) is 0 Å². The van der Waals surface area contributed by atoms with Crippen molar-refractivity contribution in [2.24, 2.45) is 0 Å². The second kappa shape index (κ2) is 3.93. The van der Waals surface area contributed by atoms with Crippen molar-refractivity contribution in [1.82, 2.24) is 0 Å². The van der Waals surface area contributed by atoms with Crippen LogP contribution in [-0.4, -0.2) is 19.4 Å². The summed E-state index contributed by atoms with van der Waals surface area (Å²) >= 11 is 0. The minimum absolute atomic E-state index is 0.198. The van der Waals surface area contributed by atoms with Crippen molar-refractivity contribution in [2.75, 3.05) is 13.1 Å². The first-order valence-corrected chi connectivity index (χ1v) is 5.21. The van der Waals surface area contributed by atoms with Gasteiger partial charge in [-0.05, 0) is 5.56 Å². The summed E-state index contributed by atoms with van der Waals surface area (Å²) in [6.07, 6.45) is 3.09. The lowest BCUT2D eigenvalue weighted by Gasteiger charge is -2.30. The Kier molecular flexibility index (Phi) is 2.64. The summed E-state index contributed by atoms with van der Waals surface area (Å²) in [7, 11) is 0. The van der Waals surface area contributed by atoms with Crippen LogP contribution in [0.25, 0.3) is 0 Å². The number of hydrogen-bond acceptors (Lipinski definition) is 1. The fourth-order valence-electron chi connectivity index (χ4n) is 2.23. The monoisotopic (exact) mass is 190 g/mol. The molecule has 0 unspecified atom stereocenters. The fourth-order valence-corrected chi connectivity index (χ4v) is 2.23. The highest BCUT2D eigenvalue weighted by Crippen LogP contribution is 2.29. The zero-order chi connectivity index (χ0) is 9.86. The molecule has 0 aliphatic carbocycles. The fraction of sp³-hybridized carbons (Fsp3) is 0.417. The molecule has 1 aliphatic rings. The van der Waals surface area contributed by atoms with Crippen LogP contribution < -0.4 is 5.32 Å². The van der Waals surface area contributed by atoms with Crippen molar-refractivity contribution in [3.05, 3.63) is 35.9 Å². The van der Waals surface area contributed by atoms with Crippen LogP contribution in [0.2, 0.25) is 0 Å². The molecule has 1 fully saturated rings. The Labute approximate surface area is 84.3 Å². The highest BCUT2D eigenvalue weighted by Gasteiger charge is 2.35. The van der Waals surface area contributed by atoms with Crippen LogP contribution in [0.4, 0.5) is 0 Å². The first kappa shape index (κ1) is 9.41. The molecule has 1 saturated heterocycles. The second-order valence-electron chi connectivity index (χ2n) is 4.01. The van der Waals surface area contributed by atoms with E-state index in [1.807, 2.05) is 18.2 Å². The van der Waals surface area contributed by atoms with E-state index in [0.717, 1.165) is 32.2 Å². The summed E-state index contributed by atoms with van der Waals surface area (Å²) < 4.78 is 0. The maximum Gasteiger partial charge on any atom is 0.130 e. The largest absolute Gasteiger partial charge is 0.346 e. The summed E-state index contributed by atoms with van der Waals surface area (Å²) in [5.41, 5.74) is 0.985. The van der Waals surface area contributed by atoms with Crippen molar-refractivity contribution >= 4 is 6.29 Å². The molecule has 0 spiro atoms. The van der Waals surface area contributed by atoms with Crippen LogP contribution in [0.1, 0.15) is 18.4 Å². The molecular formula is C12H16NO+. The lowest BCUT2D eigenvalue weighted by Crippen LogP contribution is -2.87. The van der Waals surface area contributed by atoms with Gasteiger partial charge in [0.15, 0.2) is 0 Å². The Morgan fingerprint density at radius 1 is 1.14 bits per heavy atom. The molecule has 1 aliphatic heterocycles. The van der Waals surface area contributed by atoms with Crippen LogP contribution in [0, 0.1) is 0 Å². The number of carbonyl (C=O) groups is 1. The van der Waals surface area contributed by atoms with Gasteiger partial charge in [0.25, 0.3) is 0 Å². The molecule has 2 heteroatoms. The molecule has 0 amide bonds. The molecule has 1 heterocycles. The van der Waals surface area contributed by atoms with Gasteiger partial charge in [0.2, 0.25) is 0 Å². The van der Waals surface area contributed by atoms with E-state index in [1.54, 1.807) is 0 Å². The van der Waals surface area contributed by atoms with Gasteiger partial charge in [0.1, 0.15) is 6.29 Å². The quantitative estimate of drug-likeness (QED) is 0.676. The average molecular weight is 190 g/mol. The van der Waals surface area contributed by atoms with E-state index in [2.05, 4.69) is 17.4 Å². The van der Waals surface area contributed by atoms with Crippen molar-refractivity contribution in [3.63, 3.8) is 0 Å². The van der Waals surface area contributed by atoms with Gasteiger partial charge in [-0.25, -0.2) is 0 Å². The summed E-state index contributed by atoms with van der Waals surface area (Å²) in [6, 6.07) is 10.2. The lowest BCUT2D eigenvalue weighted by molar-refractivity contribution is -0.664. The highest BCUT2D eigenvalue weighted by atomic mass is 16.1. The van der Waals surface area contributed by atoms with E-state index in [0.29, 0.717) is 0 Å². The average Bonchev–Trinajstić information content (AvgIpc) is 2.31. The van der Waals surface area contributed by atoms with Crippen molar-refractivity contribution in [3.8, 4) is 0 Å². The number of hydrogen-bond donors (Lipinski definition) is 1. The number of carbonyl (C=O) groups excluding carboxylic acids is 1. The SMILES string of the molecule is O=CC1(c2ccccc2)CC[NH2+]CC1. The molecule has 2 N–H and O–H groups in total.